The molecule has 0 saturated heterocycles. The lowest BCUT2D eigenvalue weighted by atomic mass is 10.2. The van der Waals surface area contributed by atoms with E-state index in [1.807, 2.05) is 6.92 Å². The highest BCUT2D eigenvalue weighted by atomic mass is 35.5. The van der Waals surface area contributed by atoms with Gasteiger partial charge in [0, 0.05) is 6.20 Å². The predicted molar refractivity (Wildman–Crippen MR) is 56.1 cm³/mol. The SMILES string of the molecule is CCCCOC(=O)c1ccnc(Cl)c1O. The van der Waals surface area contributed by atoms with Gasteiger partial charge >= 0.3 is 5.97 Å². The minimum absolute atomic E-state index is 0.0473. The van der Waals surface area contributed by atoms with Crippen LogP contribution in [0.4, 0.5) is 0 Å². The Morgan fingerprint density at radius 3 is 3.07 bits per heavy atom. The number of carbonyl (C=O) groups excluding carboxylic acids is 1. The Morgan fingerprint density at radius 1 is 1.67 bits per heavy atom. The highest BCUT2D eigenvalue weighted by Crippen LogP contribution is 2.24. The second-order valence-electron chi connectivity index (χ2n) is 2.99. The van der Waals surface area contributed by atoms with Crippen molar-refractivity contribution in [3.05, 3.63) is 23.0 Å². The first-order chi connectivity index (χ1) is 7.16. The van der Waals surface area contributed by atoms with Gasteiger partial charge in [0.25, 0.3) is 0 Å². The van der Waals surface area contributed by atoms with Crippen LogP contribution in [0.5, 0.6) is 5.75 Å². The second-order valence-corrected chi connectivity index (χ2v) is 3.35. The van der Waals surface area contributed by atoms with Crippen molar-refractivity contribution in [2.24, 2.45) is 0 Å². The molecule has 0 atom stereocenters. The van der Waals surface area contributed by atoms with Crippen LogP contribution in [-0.4, -0.2) is 22.7 Å². The number of aromatic nitrogens is 1. The number of aromatic hydroxyl groups is 1. The van der Waals surface area contributed by atoms with E-state index in [4.69, 9.17) is 16.3 Å². The Balaban J connectivity index is 2.69. The summed E-state index contributed by atoms with van der Waals surface area (Å²) in [6.45, 7) is 2.34. The standard InChI is InChI=1S/C10H12ClNO3/c1-2-3-6-15-10(14)7-4-5-12-9(11)8(7)13/h4-5,13H,2-3,6H2,1H3. The average Bonchev–Trinajstić information content (AvgIpc) is 2.22. The molecule has 82 valence electrons. The van der Waals surface area contributed by atoms with Gasteiger partial charge in [0.15, 0.2) is 10.9 Å². The molecule has 5 heteroatoms. The highest BCUT2D eigenvalue weighted by molar-refractivity contribution is 6.31. The molecule has 0 aliphatic carbocycles. The van der Waals surface area contributed by atoms with Gasteiger partial charge in [-0.2, -0.15) is 0 Å². The number of hydrogen-bond acceptors (Lipinski definition) is 4. The number of unbranched alkanes of at least 4 members (excludes halogenated alkanes) is 1. The number of hydrogen-bond donors (Lipinski definition) is 1. The third kappa shape index (κ3) is 3.09. The van der Waals surface area contributed by atoms with Crippen molar-refractivity contribution in [3.8, 4) is 5.75 Å². The Kier molecular flexibility index (Phi) is 4.37. The molecule has 1 heterocycles. The van der Waals surface area contributed by atoms with Crippen molar-refractivity contribution in [2.75, 3.05) is 6.61 Å². The maximum atomic E-state index is 11.4. The average molecular weight is 230 g/mol. The van der Waals surface area contributed by atoms with Crippen LogP contribution in [0.25, 0.3) is 0 Å². The van der Waals surface area contributed by atoms with Gasteiger partial charge in [-0.3, -0.25) is 0 Å². The van der Waals surface area contributed by atoms with Gasteiger partial charge in [-0.1, -0.05) is 24.9 Å². The van der Waals surface area contributed by atoms with Crippen LogP contribution >= 0.6 is 11.6 Å². The molecule has 0 aliphatic heterocycles. The Hall–Kier alpha value is -1.29. The summed E-state index contributed by atoms with van der Waals surface area (Å²) in [6, 6.07) is 1.37. The molecule has 0 radical (unpaired) electrons. The number of pyridine rings is 1. The summed E-state index contributed by atoms with van der Waals surface area (Å²) in [5.74, 6) is -0.911. The molecule has 0 bridgehead atoms. The summed E-state index contributed by atoms with van der Waals surface area (Å²) in [5.41, 5.74) is 0.0473. The number of carbonyl (C=O) groups is 1. The zero-order valence-electron chi connectivity index (χ0n) is 8.36. The molecule has 1 N–H and O–H groups in total. The van der Waals surface area contributed by atoms with Crippen molar-refractivity contribution in [1.29, 1.82) is 0 Å². The quantitative estimate of drug-likeness (QED) is 0.489. The second kappa shape index (κ2) is 5.56. The lowest BCUT2D eigenvalue weighted by molar-refractivity contribution is 0.0496. The molecule has 4 nitrogen and oxygen atoms in total. The van der Waals surface area contributed by atoms with Crippen LogP contribution < -0.4 is 0 Å². The first-order valence-corrected chi connectivity index (χ1v) is 5.05. The maximum Gasteiger partial charge on any atom is 0.342 e. The normalized spacial score (nSPS) is 10.0. The third-order valence-electron chi connectivity index (χ3n) is 1.83. The number of esters is 1. The molecule has 0 fully saturated rings. The molecule has 0 spiro atoms. The molecule has 1 aromatic heterocycles. The van der Waals surface area contributed by atoms with Crippen LogP contribution in [0.1, 0.15) is 30.1 Å². The first-order valence-electron chi connectivity index (χ1n) is 4.67. The van der Waals surface area contributed by atoms with E-state index in [2.05, 4.69) is 4.98 Å². The smallest absolute Gasteiger partial charge is 0.342 e. The maximum absolute atomic E-state index is 11.4. The summed E-state index contributed by atoms with van der Waals surface area (Å²) < 4.78 is 4.92. The molecule has 15 heavy (non-hydrogen) atoms. The third-order valence-corrected chi connectivity index (χ3v) is 2.11. The van der Waals surface area contributed by atoms with Crippen molar-refractivity contribution in [2.45, 2.75) is 19.8 Å². The minimum Gasteiger partial charge on any atom is -0.504 e. The fraction of sp³-hybridized carbons (Fsp3) is 0.400. The predicted octanol–water partition coefficient (Wildman–Crippen LogP) is 2.40. The van der Waals surface area contributed by atoms with E-state index in [1.54, 1.807) is 0 Å². The molecular formula is C10H12ClNO3. The van der Waals surface area contributed by atoms with Gasteiger partial charge in [-0.05, 0) is 12.5 Å². The molecule has 0 aliphatic rings. The topological polar surface area (TPSA) is 59.4 Å². The highest BCUT2D eigenvalue weighted by Gasteiger charge is 2.15. The fourth-order valence-corrected chi connectivity index (χ4v) is 1.14. The van der Waals surface area contributed by atoms with Crippen LogP contribution in [0, 0.1) is 0 Å². The van der Waals surface area contributed by atoms with E-state index in [1.165, 1.54) is 12.3 Å². The van der Waals surface area contributed by atoms with Gasteiger partial charge in [0.2, 0.25) is 0 Å². The summed E-state index contributed by atoms with van der Waals surface area (Å²) in [7, 11) is 0. The molecule has 0 unspecified atom stereocenters. The summed E-state index contributed by atoms with van der Waals surface area (Å²) >= 11 is 5.55. The number of rotatable bonds is 4. The van der Waals surface area contributed by atoms with E-state index in [0.29, 0.717) is 6.61 Å². The monoisotopic (exact) mass is 229 g/mol. The van der Waals surface area contributed by atoms with Gasteiger partial charge in [0.05, 0.1) is 6.61 Å². The van der Waals surface area contributed by atoms with Gasteiger partial charge in [-0.15, -0.1) is 0 Å². The van der Waals surface area contributed by atoms with Crippen molar-refractivity contribution in [3.63, 3.8) is 0 Å². The van der Waals surface area contributed by atoms with E-state index < -0.39 is 5.97 Å². The lowest BCUT2D eigenvalue weighted by Crippen LogP contribution is -2.07. The van der Waals surface area contributed by atoms with Gasteiger partial charge < -0.3 is 9.84 Å². The fourth-order valence-electron chi connectivity index (χ4n) is 0.980. The van der Waals surface area contributed by atoms with Crippen LogP contribution in [0.3, 0.4) is 0 Å². The number of halogens is 1. The Bertz CT molecular complexity index is 355. The molecule has 0 saturated carbocycles. The zero-order chi connectivity index (χ0) is 11.3. The van der Waals surface area contributed by atoms with E-state index >= 15 is 0 Å². The zero-order valence-corrected chi connectivity index (χ0v) is 9.12. The molecule has 1 aromatic rings. The van der Waals surface area contributed by atoms with Crippen molar-refractivity contribution < 1.29 is 14.6 Å². The van der Waals surface area contributed by atoms with Gasteiger partial charge in [-0.25, -0.2) is 9.78 Å². The Morgan fingerprint density at radius 2 is 2.40 bits per heavy atom. The summed E-state index contributed by atoms with van der Waals surface area (Å²) in [5, 5.41) is 9.33. The molecule has 0 amide bonds. The summed E-state index contributed by atoms with van der Waals surface area (Å²) in [6.07, 6.45) is 3.08. The number of ether oxygens (including phenoxy) is 1. The summed E-state index contributed by atoms with van der Waals surface area (Å²) in [4.78, 5) is 15.0. The van der Waals surface area contributed by atoms with E-state index in [-0.39, 0.29) is 16.5 Å². The van der Waals surface area contributed by atoms with Crippen molar-refractivity contribution >= 4 is 17.6 Å². The molecule has 1 rings (SSSR count). The van der Waals surface area contributed by atoms with Crippen LogP contribution in [0.2, 0.25) is 5.15 Å². The Labute approximate surface area is 92.8 Å². The van der Waals surface area contributed by atoms with E-state index in [9.17, 15) is 9.90 Å². The number of nitrogens with zero attached hydrogens (tertiary/aromatic N) is 1. The van der Waals surface area contributed by atoms with Crippen molar-refractivity contribution in [1.82, 2.24) is 4.98 Å². The van der Waals surface area contributed by atoms with Gasteiger partial charge in [0.1, 0.15) is 5.56 Å². The lowest BCUT2D eigenvalue weighted by Gasteiger charge is -2.05. The molecule has 0 aromatic carbocycles. The largest absolute Gasteiger partial charge is 0.504 e. The van der Waals surface area contributed by atoms with Crippen LogP contribution in [0.15, 0.2) is 12.3 Å². The van der Waals surface area contributed by atoms with Crippen LogP contribution in [-0.2, 0) is 4.74 Å². The first kappa shape index (κ1) is 11.8. The van der Waals surface area contributed by atoms with E-state index in [0.717, 1.165) is 12.8 Å². The minimum atomic E-state index is -0.578. The molecular weight excluding hydrogens is 218 g/mol.